The summed E-state index contributed by atoms with van der Waals surface area (Å²) < 4.78 is 29.8. The highest BCUT2D eigenvalue weighted by Crippen LogP contribution is 2.36. The number of nitrogens with two attached hydrogens (primary N) is 1. The van der Waals surface area contributed by atoms with Gasteiger partial charge in [-0.25, -0.2) is 23.7 Å². The van der Waals surface area contributed by atoms with Crippen molar-refractivity contribution in [3.05, 3.63) is 35.1 Å². The van der Waals surface area contributed by atoms with Crippen LogP contribution in [0.1, 0.15) is 18.9 Å². The number of hydrogen-bond donors (Lipinski definition) is 1. The molecular weight excluding hydrogens is 418 g/mol. The van der Waals surface area contributed by atoms with Gasteiger partial charge < -0.3 is 15.2 Å². The van der Waals surface area contributed by atoms with E-state index >= 15 is 0 Å². The van der Waals surface area contributed by atoms with E-state index in [2.05, 4.69) is 40.3 Å². The van der Waals surface area contributed by atoms with Crippen molar-refractivity contribution in [1.29, 1.82) is 0 Å². The number of piperidine rings is 1. The predicted molar refractivity (Wildman–Crippen MR) is 104 cm³/mol. The minimum atomic E-state index is -0.519. The Labute approximate surface area is 163 Å². The zero-order chi connectivity index (χ0) is 19.0. The number of nitrogens with zero attached hydrogens (tertiary/aromatic N) is 5. The largest absolute Gasteiger partial charge is 0.368 e. The number of halogens is 3. The van der Waals surface area contributed by atoms with Gasteiger partial charge in [0, 0.05) is 42.8 Å². The molecule has 142 valence electrons. The first-order chi connectivity index (χ1) is 13.1. The molecule has 0 amide bonds. The summed E-state index contributed by atoms with van der Waals surface area (Å²) in [5.74, 6) is -0.492. The first kappa shape index (κ1) is 18.2. The summed E-state index contributed by atoms with van der Waals surface area (Å²) in [6.45, 7) is 1.82. The Kier molecular flexibility index (Phi) is 5.05. The molecule has 0 radical (unpaired) electrons. The normalized spacial score (nSPS) is 16.3. The van der Waals surface area contributed by atoms with Crippen LogP contribution in [0, 0.1) is 5.82 Å². The molecule has 1 aliphatic heterocycles. The maximum absolute atomic E-state index is 14.4. The van der Waals surface area contributed by atoms with Gasteiger partial charge in [-0.05, 0) is 34.8 Å². The molecule has 0 saturated carbocycles. The van der Waals surface area contributed by atoms with Crippen LogP contribution >= 0.6 is 15.9 Å². The summed E-state index contributed by atoms with van der Waals surface area (Å²) in [6.07, 6.45) is 6.58. The molecule has 0 aromatic carbocycles. The number of hydrogen-bond acceptors (Lipinski definition) is 5. The molecule has 0 unspecified atom stereocenters. The molecule has 3 aromatic rings. The first-order valence-corrected chi connectivity index (χ1v) is 9.59. The van der Waals surface area contributed by atoms with E-state index in [0.717, 1.165) is 43.0 Å². The molecule has 0 spiro atoms. The summed E-state index contributed by atoms with van der Waals surface area (Å²) >= 11 is 3.39. The van der Waals surface area contributed by atoms with Gasteiger partial charge in [0.15, 0.2) is 5.82 Å². The summed E-state index contributed by atoms with van der Waals surface area (Å²) in [5, 5.41) is 0.847. The van der Waals surface area contributed by atoms with E-state index in [1.807, 2.05) is 12.3 Å². The van der Waals surface area contributed by atoms with Crippen molar-refractivity contribution < 1.29 is 8.78 Å². The van der Waals surface area contributed by atoms with Gasteiger partial charge in [0.25, 0.3) is 0 Å². The third-order valence-corrected chi connectivity index (χ3v) is 5.49. The van der Waals surface area contributed by atoms with Gasteiger partial charge in [0.2, 0.25) is 5.95 Å². The lowest BCUT2D eigenvalue weighted by atomic mass is 10.0. The lowest BCUT2D eigenvalue weighted by Gasteiger charge is -2.32. The topological polar surface area (TPSA) is 72.9 Å². The molecule has 1 fully saturated rings. The molecule has 0 bridgehead atoms. The quantitative estimate of drug-likeness (QED) is 0.632. The van der Waals surface area contributed by atoms with Crippen molar-refractivity contribution in [3.8, 4) is 11.3 Å². The number of anilines is 1. The van der Waals surface area contributed by atoms with Crippen LogP contribution in [0.25, 0.3) is 22.2 Å². The van der Waals surface area contributed by atoms with Crippen molar-refractivity contribution >= 4 is 32.8 Å². The van der Waals surface area contributed by atoms with Crippen LogP contribution in [-0.4, -0.2) is 50.7 Å². The lowest BCUT2D eigenvalue weighted by Crippen LogP contribution is -2.35. The van der Waals surface area contributed by atoms with E-state index in [1.54, 1.807) is 6.20 Å². The molecular formula is C18H19BrF2N6. The van der Waals surface area contributed by atoms with Gasteiger partial charge in [0.05, 0.1) is 17.9 Å². The van der Waals surface area contributed by atoms with Gasteiger partial charge in [-0.3, -0.25) is 0 Å². The molecule has 0 atom stereocenters. The molecule has 1 aliphatic rings. The molecule has 4 heterocycles. The standard InChI is InChI=1S/C18H19BrF2N6/c19-16-7-12-13(17-14(21)8-24-18(22)25-17)10-27(15(12)9-23-16)11-1-4-26(5-2-11)6-3-20/h7-11H,1-6H2,(H2,22,24,25). The minimum Gasteiger partial charge on any atom is -0.368 e. The van der Waals surface area contributed by atoms with Crippen molar-refractivity contribution in [2.75, 3.05) is 32.0 Å². The molecule has 0 aliphatic carbocycles. The highest BCUT2D eigenvalue weighted by Gasteiger charge is 2.24. The van der Waals surface area contributed by atoms with E-state index in [-0.39, 0.29) is 24.4 Å². The molecule has 6 nitrogen and oxygen atoms in total. The highest BCUT2D eigenvalue weighted by molar-refractivity contribution is 9.10. The van der Waals surface area contributed by atoms with E-state index in [4.69, 9.17) is 5.73 Å². The van der Waals surface area contributed by atoms with Crippen LogP contribution in [0.15, 0.2) is 29.3 Å². The number of aromatic nitrogens is 4. The van der Waals surface area contributed by atoms with Crippen molar-refractivity contribution in [1.82, 2.24) is 24.4 Å². The Morgan fingerprint density at radius 3 is 2.74 bits per heavy atom. The van der Waals surface area contributed by atoms with Gasteiger partial charge in [0.1, 0.15) is 17.0 Å². The first-order valence-electron chi connectivity index (χ1n) is 8.79. The minimum absolute atomic E-state index is 0.0277. The zero-order valence-electron chi connectivity index (χ0n) is 14.6. The fourth-order valence-electron chi connectivity index (χ4n) is 3.72. The smallest absolute Gasteiger partial charge is 0.220 e. The van der Waals surface area contributed by atoms with Crippen molar-refractivity contribution in [3.63, 3.8) is 0 Å². The van der Waals surface area contributed by atoms with E-state index < -0.39 is 5.82 Å². The van der Waals surface area contributed by atoms with Crippen molar-refractivity contribution in [2.45, 2.75) is 18.9 Å². The van der Waals surface area contributed by atoms with Gasteiger partial charge in [-0.1, -0.05) is 0 Å². The molecule has 27 heavy (non-hydrogen) atoms. The highest BCUT2D eigenvalue weighted by atomic mass is 79.9. The predicted octanol–water partition coefficient (Wildman–Crippen LogP) is 3.58. The third-order valence-electron chi connectivity index (χ3n) is 5.06. The van der Waals surface area contributed by atoms with E-state index in [0.29, 0.717) is 16.7 Å². The Morgan fingerprint density at radius 2 is 2.00 bits per heavy atom. The van der Waals surface area contributed by atoms with Crippen LogP contribution < -0.4 is 5.73 Å². The Morgan fingerprint density at radius 1 is 1.22 bits per heavy atom. The lowest BCUT2D eigenvalue weighted by molar-refractivity contribution is 0.176. The number of rotatable bonds is 4. The van der Waals surface area contributed by atoms with Crippen molar-refractivity contribution in [2.24, 2.45) is 0 Å². The fourth-order valence-corrected chi connectivity index (χ4v) is 4.05. The molecule has 1 saturated heterocycles. The summed E-state index contributed by atoms with van der Waals surface area (Å²) in [6, 6.07) is 2.10. The van der Waals surface area contributed by atoms with E-state index in [1.165, 1.54) is 0 Å². The number of fused-ring (bicyclic) bond motifs is 1. The van der Waals surface area contributed by atoms with E-state index in [9.17, 15) is 8.78 Å². The number of nitrogen functional groups attached to an aromatic ring is 1. The van der Waals surface area contributed by atoms with Crippen LogP contribution in [0.5, 0.6) is 0 Å². The Balaban J connectivity index is 1.78. The molecule has 4 rings (SSSR count). The number of alkyl halides is 1. The monoisotopic (exact) mass is 436 g/mol. The fraction of sp³-hybridized carbons (Fsp3) is 0.389. The number of likely N-dealkylation sites (tertiary alicyclic amines) is 1. The Hall–Kier alpha value is -2.13. The second kappa shape index (κ2) is 7.47. The molecule has 9 heteroatoms. The summed E-state index contributed by atoms with van der Waals surface area (Å²) in [7, 11) is 0. The van der Waals surface area contributed by atoms with Crippen LogP contribution in [0.4, 0.5) is 14.7 Å². The summed E-state index contributed by atoms with van der Waals surface area (Å²) in [5.41, 5.74) is 7.43. The number of pyridine rings is 1. The van der Waals surface area contributed by atoms with Gasteiger partial charge in [-0.2, -0.15) is 0 Å². The molecule has 3 aromatic heterocycles. The summed E-state index contributed by atoms with van der Waals surface area (Å²) in [4.78, 5) is 14.3. The second-order valence-electron chi connectivity index (χ2n) is 6.66. The average Bonchev–Trinajstić information content (AvgIpc) is 3.03. The SMILES string of the molecule is Nc1ncc(F)c(-c2cn(C3CCN(CCF)CC3)c3cnc(Br)cc23)n1. The Bertz CT molecular complexity index is 968. The molecule has 2 N–H and O–H groups in total. The second-order valence-corrected chi connectivity index (χ2v) is 7.47. The van der Waals surface area contributed by atoms with Crippen LogP contribution in [0.2, 0.25) is 0 Å². The maximum Gasteiger partial charge on any atom is 0.220 e. The third kappa shape index (κ3) is 3.53. The maximum atomic E-state index is 14.4. The van der Waals surface area contributed by atoms with Crippen LogP contribution in [0.3, 0.4) is 0 Å². The van der Waals surface area contributed by atoms with Crippen LogP contribution in [-0.2, 0) is 0 Å². The zero-order valence-corrected chi connectivity index (χ0v) is 16.2. The average molecular weight is 437 g/mol. The van der Waals surface area contributed by atoms with Gasteiger partial charge >= 0.3 is 0 Å². The van der Waals surface area contributed by atoms with Gasteiger partial charge in [-0.15, -0.1) is 0 Å².